The number of hydrogen-bond donors (Lipinski definition) is 0. The fourth-order valence-electron chi connectivity index (χ4n) is 4.61. The predicted octanol–water partition coefficient (Wildman–Crippen LogP) is 3.87. The molecule has 0 unspecified atom stereocenters. The molecule has 1 saturated heterocycles. The summed E-state index contributed by atoms with van der Waals surface area (Å²) in [4.78, 5) is 33.6. The third kappa shape index (κ3) is 3.98. The Hall–Kier alpha value is -3.25. The largest absolute Gasteiger partial charge is 0.444 e. The van der Waals surface area contributed by atoms with Gasteiger partial charge in [0.05, 0.1) is 24.3 Å². The van der Waals surface area contributed by atoms with E-state index in [9.17, 15) is 9.59 Å². The lowest BCUT2D eigenvalue weighted by molar-refractivity contribution is -0.145. The third-order valence-electron chi connectivity index (χ3n) is 6.25. The van der Waals surface area contributed by atoms with Crippen LogP contribution >= 0.6 is 0 Å². The molecule has 32 heavy (non-hydrogen) atoms. The van der Waals surface area contributed by atoms with E-state index in [4.69, 9.17) is 14.5 Å². The van der Waals surface area contributed by atoms with Gasteiger partial charge >= 0.3 is 5.97 Å². The van der Waals surface area contributed by atoms with Gasteiger partial charge in [-0.3, -0.25) is 9.78 Å². The van der Waals surface area contributed by atoms with Crippen LogP contribution in [0.15, 0.2) is 54.6 Å². The van der Waals surface area contributed by atoms with E-state index in [2.05, 4.69) is 0 Å². The molecule has 0 spiro atoms. The van der Waals surface area contributed by atoms with Crippen molar-refractivity contribution in [2.75, 3.05) is 26.3 Å². The van der Waals surface area contributed by atoms with Gasteiger partial charge in [-0.15, -0.1) is 0 Å². The van der Waals surface area contributed by atoms with Gasteiger partial charge in [-0.2, -0.15) is 0 Å². The molecule has 0 saturated carbocycles. The van der Waals surface area contributed by atoms with Gasteiger partial charge in [0.25, 0.3) is 5.91 Å². The Labute approximate surface area is 187 Å². The fraction of sp³-hybridized carbons (Fsp3) is 0.346. The highest BCUT2D eigenvalue weighted by molar-refractivity contribution is 6.06. The molecule has 0 radical (unpaired) electrons. The molecule has 1 aliphatic heterocycles. The van der Waals surface area contributed by atoms with Gasteiger partial charge in [0.2, 0.25) is 6.10 Å². The minimum atomic E-state index is -0.993. The van der Waals surface area contributed by atoms with Crippen molar-refractivity contribution in [3.63, 3.8) is 0 Å². The van der Waals surface area contributed by atoms with Crippen LogP contribution in [-0.4, -0.2) is 48.1 Å². The lowest BCUT2D eigenvalue weighted by Crippen LogP contribution is -2.44. The van der Waals surface area contributed by atoms with Crippen LogP contribution < -0.4 is 0 Å². The standard InChI is InChI=1S/C26H26N2O4/c29-25(28-14-16-31-17-15-28)24(18-8-2-1-3-9-18)32-26(30)23-19-10-4-6-12-21(19)27-22-13-7-5-11-20(22)23/h1-4,6,8-10,12,24H,5,7,11,13-17H2/t24-/m0/s1. The van der Waals surface area contributed by atoms with Crippen molar-refractivity contribution in [1.29, 1.82) is 0 Å². The first-order valence-electron chi connectivity index (χ1n) is 11.3. The Morgan fingerprint density at radius 1 is 0.938 bits per heavy atom. The molecule has 6 heteroatoms. The van der Waals surface area contributed by atoms with Crippen LogP contribution in [-0.2, 0) is 27.1 Å². The number of rotatable bonds is 4. The van der Waals surface area contributed by atoms with Gasteiger partial charge in [0.15, 0.2) is 0 Å². The Kier molecular flexibility index (Phi) is 5.86. The second-order valence-corrected chi connectivity index (χ2v) is 8.27. The van der Waals surface area contributed by atoms with Crippen molar-refractivity contribution in [2.24, 2.45) is 0 Å². The smallest absolute Gasteiger partial charge is 0.340 e. The monoisotopic (exact) mass is 430 g/mol. The molecule has 1 atom stereocenters. The number of morpholine rings is 1. The Balaban J connectivity index is 1.54. The molecule has 1 aromatic heterocycles. The van der Waals surface area contributed by atoms with E-state index in [1.54, 1.807) is 4.90 Å². The Morgan fingerprint density at radius 2 is 1.66 bits per heavy atom. The molecule has 0 N–H and O–H groups in total. The van der Waals surface area contributed by atoms with E-state index in [0.29, 0.717) is 37.4 Å². The van der Waals surface area contributed by atoms with Crippen molar-refractivity contribution in [3.05, 3.63) is 77.0 Å². The van der Waals surface area contributed by atoms with Crippen LogP contribution in [0.5, 0.6) is 0 Å². The Bertz CT molecular complexity index is 1140. The van der Waals surface area contributed by atoms with Crippen LogP contribution in [0.25, 0.3) is 10.9 Å². The number of carbonyl (C=O) groups is 2. The number of benzene rings is 2. The van der Waals surface area contributed by atoms with Crippen molar-refractivity contribution >= 4 is 22.8 Å². The third-order valence-corrected chi connectivity index (χ3v) is 6.25. The van der Waals surface area contributed by atoms with E-state index < -0.39 is 12.1 Å². The number of aryl methyl sites for hydroxylation is 1. The first-order chi connectivity index (χ1) is 15.7. The van der Waals surface area contributed by atoms with E-state index in [1.165, 1.54) is 0 Å². The van der Waals surface area contributed by atoms with Crippen molar-refractivity contribution in [2.45, 2.75) is 31.8 Å². The van der Waals surface area contributed by atoms with Crippen LogP contribution in [0, 0.1) is 0 Å². The number of fused-ring (bicyclic) bond motifs is 2. The first kappa shape index (κ1) is 20.6. The normalized spacial score (nSPS) is 16.9. The summed E-state index contributed by atoms with van der Waals surface area (Å²) in [5, 5.41) is 0.781. The summed E-state index contributed by atoms with van der Waals surface area (Å²) in [5.41, 5.74) is 3.95. The highest BCUT2D eigenvalue weighted by Crippen LogP contribution is 2.31. The summed E-state index contributed by atoms with van der Waals surface area (Å²) < 4.78 is 11.4. The van der Waals surface area contributed by atoms with Crippen LogP contribution in [0.1, 0.15) is 46.1 Å². The SMILES string of the molecule is O=C(O[C@H](C(=O)N1CCOCC1)c1ccccc1)c1c2c(nc3ccccc13)CCCC2. The molecule has 2 aromatic carbocycles. The van der Waals surface area contributed by atoms with Crippen LogP contribution in [0.3, 0.4) is 0 Å². The molecule has 6 nitrogen and oxygen atoms in total. The minimum absolute atomic E-state index is 0.208. The molecular weight excluding hydrogens is 404 g/mol. The Morgan fingerprint density at radius 3 is 2.47 bits per heavy atom. The minimum Gasteiger partial charge on any atom is -0.444 e. The molecule has 1 fully saturated rings. The van der Waals surface area contributed by atoms with E-state index >= 15 is 0 Å². The summed E-state index contributed by atoms with van der Waals surface area (Å²) >= 11 is 0. The number of aromatic nitrogens is 1. The molecule has 2 heterocycles. The van der Waals surface area contributed by atoms with Crippen molar-refractivity contribution in [1.82, 2.24) is 9.88 Å². The molecule has 1 amide bonds. The molecule has 2 aliphatic rings. The first-order valence-corrected chi connectivity index (χ1v) is 11.3. The van der Waals surface area contributed by atoms with E-state index in [1.807, 2.05) is 54.6 Å². The molecule has 164 valence electrons. The summed E-state index contributed by atoms with van der Waals surface area (Å²) in [6, 6.07) is 16.9. The topological polar surface area (TPSA) is 68.7 Å². The van der Waals surface area contributed by atoms with E-state index in [-0.39, 0.29) is 5.91 Å². The van der Waals surface area contributed by atoms with Crippen molar-refractivity contribution in [3.8, 4) is 0 Å². The number of amides is 1. The molecule has 5 rings (SSSR count). The number of para-hydroxylation sites is 1. The maximum absolute atomic E-state index is 13.7. The lowest BCUT2D eigenvalue weighted by atomic mass is 9.90. The number of esters is 1. The van der Waals surface area contributed by atoms with Gasteiger partial charge in [0.1, 0.15) is 0 Å². The number of carbonyl (C=O) groups excluding carboxylic acids is 2. The highest BCUT2D eigenvalue weighted by atomic mass is 16.5. The molecule has 3 aromatic rings. The van der Waals surface area contributed by atoms with Crippen LogP contribution in [0.2, 0.25) is 0 Å². The second kappa shape index (κ2) is 9.09. The summed E-state index contributed by atoms with van der Waals surface area (Å²) in [6.45, 7) is 1.97. The van der Waals surface area contributed by atoms with Crippen molar-refractivity contribution < 1.29 is 19.1 Å². The lowest BCUT2D eigenvalue weighted by Gasteiger charge is -2.30. The summed E-state index contributed by atoms with van der Waals surface area (Å²) in [6.07, 6.45) is 2.74. The summed E-state index contributed by atoms with van der Waals surface area (Å²) in [5.74, 6) is -0.669. The number of ether oxygens (including phenoxy) is 2. The van der Waals surface area contributed by atoms with Gasteiger partial charge in [-0.05, 0) is 37.3 Å². The van der Waals surface area contributed by atoms with Gasteiger partial charge < -0.3 is 14.4 Å². The van der Waals surface area contributed by atoms with E-state index in [0.717, 1.165) is 47.8 Å². The maximum atomic E-state index is 13.7. The average Bonchev–Trinajstić information content (AvgIpc) is 2.86. The zero-order chi connectivity index (χ0) is 21.9. The fourth-order valence-corrected chi connectivity index (χ4v) is 4.61. The zero-order valence-corrected chi connectivity index (χ0v) is 18.0. The van der Waals surface area contributed by atoms with Gasteiger partial charge in [-0.25, -0.2) is 4.79 Å². The molecular formula is C26H26N2O4. The quantitative estimate of drug-likeness (QED) is 0.588. The molecule has 1 aliphatic carbocycles. The highest BCUT2D eigenvalue weighted by Gasteiger charge is 2.32. The van der Waals surface area contributed by atoms with Gasteiger partial charge in [0, 0.05) is 29.7 Å². The molecule has 0 bridgehead atoms. The number of nitrogens with zero attached hydrogens (tertiary/aromatic N) is 2. The predicted molar refractivity (Wildman–Crippen MR) is 120 cm³/mol. The number of hydrogen-bond acceptors (Lipinski definition) is 5. The second-order valence-electron chi connectivity index (χ2n) is 8.27. The van der Waals surface area contributed by atoms with Crippen LogP contribution in [0.4, 0.5) is 0 Å². The zero-order valence-electron chi connectivity index (χ0n) is 18.0. The average molecular weight is 431 g/mol. The summed E-state index contributed by atoms with van der Waals surface area (Å²) in [7, 11) is 0. The van der Waals surface area contributed by atoms with Gasteiger partial charge in [-0.1, -0.05) is 48.5 Å². The maximum Gasteiger partial charge on any atom is 0.340 e. The number of pyridine rings is 1.